The first-order chi connectivity index (χ1) is 9.86. The van der Waals surface area contributed by atoms with Gasteiger partial charge in [0.15, 0.2) is 15.6 Å². The van der Waals surface area contributed by atoms with Crippen molar-refractivity contribution in [2.75, 3.05) is 6.26 Å². The zero-order valence-electron chi connectivity index (χ0n) is 11.3. The Morgan fingerprint density at radius 2 is 2.14 bits per heavy atom. The lowest BCUT2D eigenvalue weighted by Gasteiger charge is -2.05. The number of hydrogen-bond acceptors (Lipinski definition) is 4. The van der Waals surface area contributed by atoms with Crippen molar-refractivity contribution >= 4 is 37.4 Å². The summed E-state index contributed by atoms with van der Waals surface area (Å²) in [5, 5.41) is 4.50. The third kappa shape index (κ3) is 3.17. The van der Waals surface area contributed by atoms with Gasteiger partial charge in [0.05, 0.1) is 9.37 Å². The van der Waals surface area contributed by atoms with E-state index in [0.29, 0.717) is 17.4 Å². The van der Waals surface area contributed by atoms with E-state index in [1.165, 1.54) is 6.07 Å². The van der Waals surface area contributed by atoms with Gasteiger partial charge in [-0.1, -0.05) is 22.8 Å². The minimum Gasteiger partial charge on any atom is -0.360 e. The fourth-order valence-corrected chi connectivity index (χ4v) is 3.69. The molecule has 0 unspecified atom stereocenters. The van der Waals surface area contributed by atoms with Crippen LogP contribution in [0.5, 0.6) is 0 Å². The molecule has 0 spiro atoms. The number of halogens is 2. The van der Waals surface area contributed by atoms with Crippen LogP contribution in [0.3, 0.4) is 0 Å². The molecule has 1 saturated carbocycles. The molecule has 0 atom stereocenters. The predicted octanol–water partition coefficient (Wildman–Crippen LogP) is 3.96. The van der Waals surface area contributed by atoms with Gasteiger partial charge in [-0.3, -0.25) is 0 Å². The van der Waals surface area contributed by atoms with Crippen LogP contribution in [0.2, 0.25) is 5.02 Å². The Kier molecular flexibility index (Phi) is 3.88. The lowest BCUT2D eigenvalue weighted by atomic mass is 10.1. The van der Waals surface area contributed by atoms with Crippen LogP contribution in [0.4, 0.5) is 0 Å². The number of aromatic nitrogens is 1. The molecular formula is C14H13BrClNO3S. The number of hydrogen-bond donors (Lipinski definition) is 0. The van der Waals surface area contributed by atoms with Crippen molar-refractivity contribution in [3.05, 3.63) is 44.7 Å². The van der Waals surface area contributed by atoms with Crippen molar-refractivity contribution < 1.29 is 12.9 Å². The van der Waals surface area contributed by atoms with Crippen LogP contribution >= 0.6 is 27.5 Å². The minimum absolute atomic E-state index is 0.217. The Bertz CT molecular complexity index is 797. The van der Waals surface area contributed by atoms with Crippen LogP contribution in [-0.2, 0) is 16.3 Å². The molecule has 1 aromatic carbocycles. The number of rotatable bonds is 4. The smallest absolute Gasteiger partial charge is 0.175 e. The maximum atomic E-state index is 11.5. The number of benzene rings is 1. The summed E-state index contributed by atoms with van der Waals surface area (Å²) in [6, 6.07) is 4.75. The fourth-order valence-electron chi connectivity index (χ4n) is 2.12. The predicted molar refractivity (Wildman–Crippen MR) is 83.5 cm³/mol. The van der Waals surface area contributed by atoms with Crippen LogP contribution in [-0.4, -0.2) is 19.8 Å². The first kappa shape index (κ1) is 15.1. The third-order valence-corrected chi connectivity index (χ3v) is 5.79. The molecule has 1 fully saturated rings. The maximum Gasteiger partial charge on any atom is 0.175 e. The summed E-state index contributed by atoms with van der Waals surface area (Å²) in [5.74, 6) is 1.37. The Hall–Kier alpha value is -0.850. The van der Waals surface area contributed by atoms with E-state index >= 15 is 0 Å². The van der Waals surface area contributed by atoms with Crippen LogP contribution in [0.1, 0.15) is 35.8 Å². The van der Waals surface area contributed by atoms with Crippen LogP contribution in [0.25, 0.3) is 0 Å². The highest BCUT2D eigenvalue weighted by Crippen LogP contribution is 2.44. The summed E-state index contributed by atoms with van der Waals surface area (Å²) in [6.07, 6.45) is 3.93. The topological polar surface area (TPSA) is 60.2 Å². The van der Waals surface area contributed by atoms with Crippen molar-refractivity contribution in [2.24, 2.45) is 0 Å². The van der Waals surface area contributed by atoms with Crippen LogP contribution in [0, 0.1) is 0 Å². The molecule has 4 nitrogen and oxygen atoms in total. The first-order valence-corrected chi connectivity index (χ1v) is 9.55. The van der Waals surface area contributed by atoms with Crippen molar-refractivity contribution in [3.63, 3.8) is 0 Å². The molecule has 2 aromatic rings. The molecule has 1 heterocycles. The monoisotopic (exact) mass is 389 g/mol. The van der Waals surface area contributed by atoms with E-state index in [9.17, 15) is 8.42 Å². The van der Waals surface area contributed by atoms with E-state index < -0.39 is 9.84 Å². The maximum absolute atomic E-state index is 11.5. The molecule has 112 valence electrons. The van der Waals surface area contributed by atoms with Crippen molar-refractivity contribution in [3.8, 4) is 0 Å². The van der Waals surface area contributed by atoms with Crippen LogP contribution < -0.4 is 0 Å². The first-order valence-electron chi connectivity index (χ1n) is 6.48. The van der Waals surface area contributed by atoms with Crippen molar-refractivity contribution in [1.29, 1.82) is 0 Å². The highest BCUT2D eigenvalue weighted by Gasteiger charge is 2.31. The molecule has 1 aromatic heterocycles. The largest absolute Gasteiger partial charge is 0.360 e. The quantitative estimate of drug-likeness (QED) is 0.793. The number of sulfone groups is 1. The lowest BCUT2D eigenvalue weighted by molar-refractivity contribution is 0.378. The van der Waals surface area contributed by atoms with Gasteiger partial charge in [-0.15, -0.1) is 0 Å². The van der Waals surface area contributed by atoms with E-state index in [2.05, 4.69) is 21.1 Å². The highest BCUT2D eigenvalue weighted by atomic mass is 79.9. The molecule has 0 N–H and O–H groups in total. The third-order valence-electron chi connectivity index (χ3n) is 3.48. The Balaban J connectivity index is 1.88. The summed E-state index contributed by atoms with van der Waals surface area (Å²) in [6.45, 7) is 0. The van der Waals surface area contributed by atoms with E-state index in [1.807, 2.05) is 0 Å². The molecule has 0 amide bonds. The van der Waals surface area contributed by atoms with Gasteiger partial charge in [0.2, 0.25) is 0 Å². The Morgan fingerprint density at radius 1 is 1.43 bits per heavy atom. The minimum atomic E-state index is -3.25. The van der Waals surface area contributed by atoms with Gasteiger partial charge >= 0.3 is 0 Å². The van der Waals surface area contributed by atoms with Gasteiger partial charge in [0.25, 0.3) is 0 Å². The van der Waals surface area contributed by atoms with E-state index in [-0.39, 0.29) is 4.90 Å². The van der Waals surface area contributed by atoms with Gasteiger partial charge in [-0.2, -0.15) is 0 Å². The molecular weight excluding hydrogens is 378 g/mol. The molecule has 1 aliphatic carbocycles. The van der Waals surface area contributed by atoms with Crippen molar-refractivity contribution in [1.82, 2.24) is 5.16 Å². The van der Waals surface area contributed by atoms with Gasteiger partial charge < -0.3 is 4.52 Å². The normalized spacial score (nSPS) is 15.4. The summed E-state index contributed by atoms with van der Waals surface area (Å²) < 4.78 is 29.3. The Labute approximate surface area is 136 Å². The van der Waals surface area contributed by atoms with Gasteiger partial charge in [-0.25, -0.2) is 8.42 Å². The lowest BCUT2D eigenvalue weighted by Crippen LogP contribution is -1.98. The van der Waals surface area contributed by atoms with Crippen molar-refractivity contribution in [2.45, 2.75) is 30.1 Å². The molecule has 0 bridgehead atoms. The van der Waals surface area contributed by atoms with Crippen LogP contribution in [0.15, 0.2) is 32.1 Å². The molecule has 0 aliphatic heterocycles. The van der Waals surface area contributed by atoms with E-state index in [4.69, 9.17) is 16.1 Å². The molecule has 3 rings (SSSR count). The second kappa shape index (κ2) is 5.41. The van der Waals surface area contributed by atoms with E-state index in [1.54, 1.807) is 12.1 Å². The van der Waals surface area contributed by atoms with Gasteiger partial charge in [0.1, 0.15) is 5.69 Å². The zero-order chi connectivity index (χ0) is 15.2. The summed E-state index contributed by atoms with van der Waals surface area (Å²) in [5.41, 5.74) is 1.60. The van der Waals surface area contributed by atoms with Gasteiger partial charge in [0, 0.05) is 23.6 Å². The second-order valence-corrected chi connectivity index (χ2v) is 8.50. The molecule has 0 radical (unpaired) electrons. The average Bonchev–Trinajstić information content (AvgIpc) is 3.17. The summed E-state index contributed by atoms with van der Waals surface area (Å²) >= 11 is 9.71. The molecule has 1 aliphatic rings. The molecule has 7 heteroatoms. The number of nitrogens with zero attached hydrogens (tertiary/aromatic N) is 1. The van der Waals surface area contributed by atoms with E-state index in [0.717, 1.165) is 40.6 Å². The SMILES string of the molecule is CS(=O)(=O)c1ccc(Cc2noc(C3CC3)c2Br)c(Cl)c1. The average molecular weight is 391 g/mol. The van der Waals surface area contributed by atoms with Gasteiger partial charge in [-0.05, 0) is 46.5 Å². The molecule has 0 saturated heterocycles. The summed E-state index contributed by atoms with van der Waals surface area (Å²) in [7, 11) is -3.25. The Morgan fingerprint density at radius 3 is 2.71 bits per heavy atom. The second-order valence-electron chi connectivity index (χ2n) is 5.28. The standard InChI is InChI=1S/C14H13BrClNO3S/c1-21(18,19)10-5-4-9(11(16)7-10)6-12-13(15)14(20-17-12)8-2-3-8/h4-5,7-8H,2-3,6H2,1H3. The highest BCUT2D eigenvalue weighted by molar-refractivity contribution is 9.10. The molecule has 21 heavy (non-hydrogen) atoms. The zero-order valence-corrected chi connectivity index (χ0v) is 14.4. The fraction of sp³-hybridized carbons (Fsp3) is 0.357. The summed E-state index contributed by atoms with van der Waals surface area (Å²) in [4.78, 5) is 0.217.